The molecule has 3 rings (SSSR count). The summed E-state index contributed by atoms with van der Waals surface area (Å²) in [4.78, 5) is 22.4. The SMILES string of the molecule is CN(CC(=O)Nc1ccc(Cl)c(C(F)(F)F)c1)c1cnc2ccccc2n1. The second-order valence-corrected chi connectivity index (χ2v) is 6.22. The summed E-state index contributed by atoms with van der Waals surface area (Å²) in [5.74, 6) is -0.0288. The van der Waals surface area contributed by atoms with Crippen molar-refractivity contribution in [3.63, 3.8) is 0 Å². The number of aromatic nitrogens is 2. The number of hydrogen-bond donors (Lipinski definition) is 1. The first-order chi connectivity index (χ1) is 12.7. The number of benzene rings is 2. The topological polar surface area (TPSA) is 58.1 Å². The molecule has 0 atom stereocenters. The minimum atomic E-state index is -4.60. The van der Waals surface area contributed by atoms with E-state index in [1.165, 1.54) is 12.3 Å². The van der Waals surface area contributed by atoms with E-state index in [2.05, 4.69) is 15.3 Å². The Hall–Kier alpha value is -2.87. The minimum Gasteiger partial charge on any atom is -0.349 e. The fraction of sp³-hybridized carbons (Fsp3) is 0.167. The Morgan fingerprint density at radius 1 is 1.19 bits per heavy atom. The Morgan fingerprint density at radius 2 is 1.89 bits per heavy atom. The number of fused-ring (bicyclic) bond motifs is 1. The van der Waals surface area contributed by atoms with Gasteiger partial charge in [0.15, 0.2) is 0 Å². The van der Waals surface area contributed by atoms with E-state index in [1.54, 1.807) is 18.0 Å². The number of carbonyl (C=O) groups is 1. The van der Waals surface area contributed by atoms with E-state index in [1.807, 2.05) is 18.2 Å². The van der Waals surface area contributed by atoms with Crippen LogP contribution in [0.25, 0.3) is 11.0 Å². The number of alkyl halides is 3. The van der Waals surface area contributed by atoms with Crippen molar-refractivity contribution in [3.8, 4) is 0 Å². The third-order valence-corrected chi connectivity index (χ3v) is 4.09. The maximum absolute atomic E-state index is 12.9. The monoisotopic (exact) mass is 394 g/mol. The average Bonchev–Trinajstić information content (AvgIpc) is 2.62. The summed E-state index contributed by atoms with van der Waals surface area (Å²) in [5.41, 5.74) is 0.403. The molecule has 0 aliphatic rings. The number of likely N-dealkylation sites (N-methyl/N-ethyl adjacent to an activating group) is 1. The number of nitrogens with one attached hydrogen (secondary N) is 1. The Bertz CT molecular complexity index is 994. The van der Waals surface area contributed by atoms with Gasteiger partial charge in [-0.05, 0) is 30.3 Å². The molecule has 0 radical (unpaired) electrons. The summed E-state index contributed by atoms with van der Waals surface area (Å²) in [5, 5.41) is 2.01. The lowest BCUT2D eigenvalue weighted by Crippen LogP contribution is -2.30. The molecular weight excluding hydrogens is 381 g/mol. The van der Waals surface area contributed by atoms with Crippen LogP contribution in [0.2, 0.25) is 5.02 Å². The number of halogens is 4. The number of hydrogen-bond acceptors (Lipinski definition) is 4. The number of anilines is 2. The number of para-hydroxylation sites is 2. The van der Waals surface area contributed by atoms with Crippen molar-refractivity contribution in [2.24, 2.45) is 0 Å². The van der Waals surface area contributed by atoms with E-state index in [-0.39, 0.29) is 12.2 Å². The van der Waals surface area contributed by atoms with Crippen LogP contribution in [0.5, 0.6) is 0 Å². The van der Waals surface area contributed by atoms with Crippen LogP contribution in [0.15, 0.2) is 48.7 Å². The predicted molar refractivity (Wildman–Crippen MR) is 97.9 cm³/mol. The van der Waals surface area contributed by atoms with Crippen LogP contribution in [-0.2, 0) is 11.0 Å². The van der Waals surface area contributed by atoms with Crippen LogP contribution in [0, 0.1) is 0 Å². The fourth-order valence-corrected chi connectivity index (χ4v) is 2.67. The normalized spacial score (nSPS) is 11.4. The molecule has 140 valence electrons. The van der Waals surface area contributed by atoms with Crippen molar-refractivity contribution < 1.29 is 18.0 Å². The van der Waals surface area contributed by atoms with E-state index in [9.17, 15) is 18.0 Å². The zero-order valence-electron chi connectivity index (χ0n) is 14.1. The Morgan fingerprint density at radius 3 is 2.59 bits per heavy atom. The van der Waals surface area contributed by atoms with E-state index in [4.69, 9.17) is 11.6 Å². The molecular formula is C18H14ClF3N4O. The van der Waals surface area contributed by atoms with Crippen LogP contribution in [0.3, 0.4) is 0 Å². The lowest BCUT2D eigenvalue weighted by atomic mass is 10.2. The van der Waals surface area contributed by atoms with Gasteiger partial charge in [-0.2, -0.15) is 13.2 Å². The molecule has 1 N–H and O–H groups in total. The van der Waals surface area contributed by atoms with Crippen LogP contribution in [-0.4, -0.2) is 29.5 Å². The standard InChI is InChI=1S/C18H14ClF3N4O/c1-26(16-9-23-14-4-2-3-5-15(14)25-16)10-17(27)24-11-6-7-13(19)12(8-11)18(20,21)22/h2-9H,10H2,1H3,(H,24,27). The molecule has 0 bridgehead atoms. The molecule has 0 aliphatic heterocycles. The van der Waals surface area contributed by atoms with Crippen LogP contribution in [0.4, 0.5) is 24.7 Å². The molecule has 1 aromatic heterocycles. The quantitative estimate of drug-likeness (QED) is 0.713. The summed E-state index contributed by atoms with van der Waals surface area (Å²) >= 11 is 5.57. The van der Waals surface area contributed by atoms with Crippen molar-refractivity contribution >= 4 is 40.0 Å². The van der Waals surface area contributed by atoms with E-state index < -0.39 is 22.7 Å². The summed E-state index contributed by atoms with van der Waals surface area (Å²) in [7, 11) is 1.64. The lowest BCUT2D eigenvalue weighted by molar-refractivity contribution is -0.137. The largest absolute Gasteiger partial charge is 0.417 e. The number of carbonyl (C=O) groups excluding carboxylic acids is 1. The molecule has 9 heteroatoms. The molecule has 1 heterocycles. The molecule has 5 nitrogen and oxygen atoms in total. The second-order valence-electron chi connectivity index (χ2n) is 5.81. The van der Waals surface area contributed by atoms with Gasteiger partial charge in [0.05, 0.1) is 34.4 Å². The van der Waals surface area contributed by atoms with Crippen molar-refractivity contribution in [2.75, 3.05) is 23.8 Å². The van der Waals surface area contributed by atoms with Gasteiger partial charge < -0.3 is 10.2 Å². The first-order valence-electron chi connectivity index (χ1n) is 7.83. The third-order valence-electron chi connectivity index (χ3n) is 3.76. The number of nitrogens with zero attached hydrogens (tertiary/aromatic N) is 3. The summed E-state index contributed by atoms with van der Waals surface area (Å²) in [6.07, 6.45) is -3.07. The predicted octanol–water partition coefficient (Wildman–Crippen LogP) is 4.38. The van der Waals surface area contributed by atoms with Crippen molar-refractivity contribution in [2.45, 2.75) is 6.18 Å². The molecule has 1 amide bonds. The summed E-state index contributed by atoms with van der Waals surface area (Å²) in [6.45, 7) is -0.114. The first kappa shape index (κ1) is 18.9. The lowest BCUT2D eigenvalue weighted by Gasteiger charge is -2.18. The van der Waals surface area contributed by atoms with E-state index in [0.29, 0.717) is 11.3 Å². The molecule has 2 aromatic carbocycles. The van der Waals surface area contributed by atoms with E-state index in [0.717, 1.165) is 17.6 Å². The number of rotatable bonds is 4. The van der Waals surface area contributed by atoms with Gasteiger partial charge in [0.2, 0.25) is 5.91 Å². The van der Waals surface area contributed by atoms with Crippen molar-refractivity contribution in [1.82, 2.24) is 9.97 Å². The molecule has 0 spiro atoms. The van der Waals surface area contributed by atoms with Crippen molar-refractivity contribution in [1.29, 1.82) is 0 Å². The van der Waals surface area contributed by atoms with E-state index >= 15 is 0 Å². The number of amides is 1. The Labute approximate surface area is 157 Å². The van der Waals surface area contributed by atoms with Gasteiger partial charge in [0, 0.05) is 12.7 Å². The molecule has 0 unspecified atom stereocenters. The van der Waals surface area contributed by atoms with Crippen molar-refractivity contribution in [3.05, 3.63) is 59.2 Å². The zero-order valence-corrected chi connectivity index (χ0v) is 14.8. The highest BCUT2D eigenvalue weighted by molar-refractivity contribution is 6.31. The van der Waals surface area contributed by atoms with Gasteiger partial charge >= 0.3 is 6.18 Å². The highest BCUT2D eigenvalue weighted by Crippen LogP contribution is 2.36. The minimum absolute atomic E-state index is 0.00900. The average molecular weight is 395 g/mol. The maximum Gasteiger partial charge on any atom is 0.417 e. The molecule has 0 saturated heterocycles. The van der Waals surface area contributed by atoms with Gasteiger partial charge in [0.1, 0.15) is 5.82 Å². The summed E-state index contributed by atoms with van der Waals surface area (Å²) < 4.78 is 38.7. The Balaban J connectivity index is 1.71. The molecule has 0 saturated carbocycles. The Kier molecular flexibility index (Phi) is 5.18. The second kappa shape index (κ2) is 7.40. The van der Waals surface area contributed by atoms with Gasteiger partial charge in [-0.15, -0.1) is 0 Å². The van der Waals surface area contributed by atoms with Crippen LogP contribution in [0.1, 0.15) is 5.56 Å². The molecule has 3 aromatic rings. The third kappa shape index (κ3) is 4.46. The van der Waals surface area contributed by atoms with Crippen LogP contribution < -0.4 is 10.2 Å². The first-order valence-corrected chi connectivity index (χ1v) is 8.21. The molecule has 0 fully saturated rings. The highest BCUT2D eigenvalue weighted by atomic mass is 35.5. The highest BCUT2D eigenvalue weighted by Gasteiger charge is 2.33. The molecule has 0 aliphatic carbocycles. The van der Waals surface area contributed by atoms with Gasteiger partial charge in [-0.25, -0.2) is 4.98 Å². The van der Waals surface area contributed by atoms with Gasteiger partial charge in [-0.3, -0.25) is 9.78 Å². The smallest absolute Gasteiger partial charge is 0.349 e. The van der Waals surface area contributed by atoms with Crippen LogP contribution >= 0.6 is 11.6 Å². The fourth-order valence-electron chi connectivity index (χ4n) is 2.45. The maximum atomic E-state index is 12.9. The summed E-state index contributed by atoms with van der Waals surface area (Å²) in [6, 6.07) is 10.5. The van der Waals surface area contributed by atoms with Gasteiger partial charge in [0.25, 0.3) is 0 Å². The zero-order chi connectivity index (χ0) is 19.6. The van der Waals surface area contributed by atoms with Gasteiger partial charge in [-0.1, -0.05) is 23.7 Å². The molecule has 27 heavy (non-hydrogen) atoms.